The van der Waals surface area contributed by atoms with Gasteiger partial charge in [0.05, 0.1) is 0 Å². The molecule has 66 heavy (non-hydrogen) atoms. The first kappa shape index (κ1) is 47.0. The standard InChI is InChI=1S/C42H39N6O15P3/c49-64(50,51)40(58-31-19-7-1-8-20-31,59-32-21-9-2-10-22-32)46-37-43-38(47-41(65(52,53)54,60-33-23-11-3-12-24-33)61-34-25-13-4-14-26-34)45-39(44-37)48-42(66(55,56)57,62-35-27-15-5-16-28-35)63-36-29-17-6-18-30-36/h1-30H,(H2,49,50,51)(H2,52,53,54)(H2,55,56,57)(H3,43,44,45,46,47,48). The Morgan fingerprint density at radius 1 is 0.303 bits per heavy atom. The predicted octanol–water partition coefficient (Wildman–Crippen LogP) is 6.95. The van der Waals surface area contributed by atoms with Gasteiger partial charge in [0, 0.05) is 0 Å². The number of para-hydroxylation sites is 6. The lowest BCUT2D eigenvalue weighted by molar-refractivity contribution is -0.0373. The van der Waals surface area contributed by atoms with Crippen LogP contribution in [0, 0.1) is 0 Å². The molecule has 342 valence electrons. The van der Waals surface area contributed by atoms with Gasteiger partial charge >= 0.3 is 39.7 Å². The SMILES string of the molecule is O=P(O)(O)C(Nc1nc(NC(Oc2ccccc2)(Oc2ccccc2)P(=O)(O)O)nc(NC(Oc2ccccc2)(Oc2ccccc2)P(=O)(O)O)n1)(Oc1ccccc1)Oc1ccccc1. The highest BCUT2D eigenvalue weighted by molar-refractivity contribution is 7.53. The zero-order valence-electron chi connectivity index (χ0n) is 33.9. The van der Waals surface area contributed by atoms with E-state index in [1.165, 1.54) is 146 Å². The van der Waals surface area contributed by atoms with Crippen molar-refractivity contribution in [3.63, 3.8) is 0 Å². The maximum atomic E-state index is 13.8. The average molecular weight is 961 g/mol. The van der Waals surface area contributed by atoms with Gasteiger partial charge in [-0.15, -0.1) is 0 Å². The molecule has 21 nitrogen and oxygen atoms in total. The molecule has 0 saturated carbocycles. The zero-order valence-corrected chi connectivity index (χ0v) is 36.5. The van der Waals surface area contributed by atoms with E-state index in [0.29, 0.717) is 0 Å². The smallest absolute Gasteiger partial charge is 0.426 e. The van der Waals surface area contributed by atoms with Gasteiger partial charge in [-0.05, 0) is 72.8 Å². The van der Waals surface area contributed by atoms with Gasteiger partial charge < -0.3 is 57.8 Å². The summed E-state index contributed by atoms with van der Waals surface area (Å²) in [5.74, 6) is -3.76. The molecule has 0 aliphatic rings. The molecule has 24 heteroatoms. The van der Waals surface area contributed by atoms with Gasteiger partial charge in [-0.2, -0.15) is 15.0 Å². The van der Waals surface area contributed by atoms with Crippen LogP contribution in [0.5, 0.6) is 34.5 Å². The number of anilines is 3. The maximum absolute atomic E-state index is 13.8. The third-order valence-corrected chi connectivity index (χ3v) is 11.8. The van der Waals surface area contributed by atoms with E-state index in [-0.39, 0.29) is 34.5 Å². The molecule has 0 saturated heterocycles. The normalized spacial score (nSPS) is 12.3. The Morgan fingerprint density at radius 3 is 0.591 bits per heavy atom. The lowest BCUT2D eigenvalue weighted by atomic mass is 10.3. The van der Waals surface area contributed by atoms with Crippen molar-refractivity contribution in [2.75, 3.05) is 16.0 Å². The van der Waals surface area contributed by atoms with E-state index in [1.807, 2.05) is 0 Å². The monoisotopic (exact) mass is 960 g/mol. The number of rotatable bonds is 21. The minimum atomic E-state index is -5.80. The fourth-order valence-corrected chi connectivity index (χ4v) is 7.73. The molecule has 1 aromatic heterocycles. The summed E-state index contributed by atoms with van der Waals surface area (Å²) in [6.07, 6.45) is 0. The summed E-state index contributed by atoms with van der Waals surface area (Å²) in [6, 6.07) is 43.7. The van der Waals surface area contributed by atoms with E-state index in [0.717, 1.165) is 0 Å². The van der Waals surface area contributed by atoms with Crippen LogP contribution in [-0.4, -0.2) is 61.3 Å². The van der Waals surface area contributed by atoms with Gasteiger partial charge in [0.15, 0.2) is 0 Å². The van der Waals surface area contributed by atoms with E-state index in [4.69, 9.17) is 28.4 Å². The van der Waals surface area contributed by atoms with Gasteiger partial charge in [-0.3, -0.25) is 16.0 Å². The molecule has 0 bridgehead atoms. The number of ether oxygens (including phenoxy) is 6. The van der Waals surface area contributed by atoms with Gasteiger partial charge in [-0.1, -0.05) is 109 Å². The fraction of sp³-hybridized carbons (Fsp3) is 0.0714. The van der Waals surface area contributed by atoms with Crippen molar-refractivity contribution in [1.82, 2.24) is 15.0 Å². The van der Waals surface area contributed by atoms with Crippen molar-refractivity contribution in [1.29, 1.82) is 0 Å². The van der Waals surface area contributed by atoms with Crippen LogP contribution in [0.1, 0.15) is 0 Å². The maximum Gasteiger partial charge on any atom is 0.444 e. The average Bonchev–Trinajstić information content (AvgIpc) is 3.27. The molecule has 0 radical (unpaired) electrons. The van der Waals surface area contributed by atoms with Crippen molar-refractivity contribution in [2.24, 2.45) is 0 Å². The van der Waals surface area contributed by atoms with Gasteiger partial charge in [0.1, 0.15) is 34.5 Å². The van der Waals surface area contributed by atoms with Crippen LogP contribution in [0.2, 0.25) is 0 Å². The first-order chi connectivity index (χ1) is 31.5. The summed E-state index contributed by atoms with van der Waals surface area (Å²) in [5, 5.41) is 7.07. The largest absolute Gasteiger partial charge is 0.444 e. The summed E-state index contributed by atoms with van der Waals surface area (Å²) in [4.78, 5) is 79.2. The molecule has 9 N–H and O–H groups in total. The summed E-state index contributed by atoms with van der Waals surface area (Å²) < 4.78 is 76.7. The minimum absolute atomic E-state index is 0.156. The van der Waals surface area contributed by atoms with Gasteiger partial charge in [-0.25, -0.2) is 13.7 Å². The molecule has 0 unspecified atom stereocenters. The molecule has 0 spiro atoms. The summed E-state index contributed by atoms with van der Waals surface area (Å²) in [5.41, 5.74) is -9.85. The highest BCUT2D eigenvalue weighted by atomic mass is 31.2. The lowest BCUT2D eigenvalue weighted by Crippen LogP contribution is -2.52. The first-order valence-corrected chi connectivity index (χ1v) is 24.0. The zero-order chi connectivity index (χ0) is 46.9. The van der Waals surface area contributed by atoms with E-state index >= 15 is 0 Å². The van der Waals surface area contributed by atoms with Crippen molar-refractivity contribution in [2.45, 2.75) is 17.0 Å². The number of benzene rings is 6. The molecule has 7 rings (SSSR count). The quantitative estimate of drug-likeness (QED) is 0.0260. The highest BCUT2D eigenvalue weighted by Crippen LogP contribution is 2.55. The van der Waals surface area contributed by atoms with Crippen LogP contribution in [0.15, 0.2) is 182 Å². The highest BCUT2D eigenvalue weighted by Gasteiger charge is 2.58. The molecule has 0 atom stereocenters. The van der Waals surface area contributed by atoms with E-state index in [2.05, 4.69) is 30.9 Å². The second-order valence-corrected chi connectivity index (χ2v) is 18.6. The van der Waals surface area contributed by atoms with Crippen LogP contribution in [0.3, 0.4) is 0 Å². The third-order valence-electron chi connectivity index (χ3n) is 8.59. The predicted molar refractivity (Wildman–Crippen MR) is 237 cm³/mol. The number of hydrogen-bond acceptors (Lipinski definition) is 15. The van der Waals surface area contributed by atoms with Crippen LogP contribution < -0.4 is 44.4 Å². The summed E-state index contributed by atoms with van der Waals surface area (Å²) in [6.45, 7) is 0. The van der Waals surface area contributed by atoms with E-state index in [1.54, 1.807) is 36.4 Å². The summed E-state index contributed by atoms with van der Waals surface area (Å²) >= 11 is 0. The van der Waals surface area contributed by atoms with Crippen LogP contribution >= 0.6 is 22.8 Å². The second kappa shape index (κ2) is 19.6. The molecule has 7 aromatic rings. The lowest BCUT2D eigenvalue weighted by Gasteiger charge is -2.36. The molecular weight excluding hydrogens is 921 g/mol. The Kier molecular flexibility index (Phi) is 14.0. The molecular formula is C42H39N6O15P3. The minimum Gasteiger partial charge on any atom is -0.426 e. The molecule has 0 aliphatic carbocycles. The van der Waals surface area contributed by atoms with Crippen molar-refractivity contribution < 1.29 is 71.5 Å². The van der Waals surface area contributed by atoms with Gasteiger partial charge in [0.25, 0.3) is 0 Å². The third kappa shape index (κ3) is 11.4. The molecule has 6 aromatic carbocycles. The number of hydrogen-bond donors (Lipinski definition) is 9. The Bertz CT molecular complexity index is 2370. The Labute approximate surface area is 375 Å². The number of nitrogens with one attached hydrogen (secondary N) is 3. The van der Waals surface area contributed by atoms with E-state index < -0.39 is 57.6 Å². The molecule has 1 heterocycles. The first-order valence-electron chi connectivity index (χ1n) is 19.2. The Hall–Kier alpha value is -7.02. The van der Waals surface area contributed by atoms with E-state index in [9.17, 15) is 43.1 Å². The van der Waals surface area contributed by atoms with Crippen LogP contribution in [0.4, 0.5) is 17.8 Å². The molecule has 0 amide bonds. The van der Waals surface area contributed by atoms with Gasteiger partial charge in [0.2, 0.25) is 17.8 Å². The molecule has 0 fully saturated rings. The second-order valence-electron chi connectivity index (χ2n) is 13.5. The van der Waals surface area contributed by atoms with Crippen LogP contribution in [0.25, 0.3) is 0 Å². The number of aromatic nitrogens is 3. The number of nitrogens with zero attached hydrogens (tertiary/aromatic N) is 3. The Morgan fingerprint density at radius 2 is 0.455 bits per heavy atom. The van der Waals surface area contributed by atoms with Crippen molar-refractivity contribution in [3.05, 3.63) is 182 Å². The summed E-state index contributed by atoms with van der Waals surface area (Å²) in [7, 11) is -17.4. The topological polar surface area (TPSA) is 303 Å². The fourth-order valence-electron chi connectivity index (χ4n) is 5.65. The van der Waals surface area contributed by atoms with Crippen molar-refractivity contribution >= 4 is 40.6 Å². The van der Waals surface area contributed by atoms with Crippen LogP contribution in [-0.2, 0) is 13.7 Å². The van der Waals surface area contributed by atoms with Crippen molar-refractivity contribution in [3.8, 4) is 34.5 Å². The molecule has 0 aliphatic heterocycles. The Balaban J connectivity index is 1.46.